The molecular weight excluding hydrogens is 273 g/mol. The van der Waals surface area contributed by atoms with Crippen molar-refractivity contribution in [2.24, 2.45) is 0 Å². The highest BCUT2D eigenvalue weighted by Gasteiger charge is 2.18. The molecule has 0 saturated carbocycles. The van der Waals surface area contributed by atoms with Gasteiger partial charge in [-0.05, 0) is 25.6 Å². The molecule has 0 amide bonds. The average molecular weight is 286 g/mol. The van der Waals surface area contributed by atoms with Gasteiger partial charge in [0.1, 0.15) is 5.01 Å². The van der Waals surface area contributed by atoms with Crippen LogP contribution in [0.25, 0.3) is 10.6 Å². The first-order chi connectivity index (χ1) is 9.04. The van der Waals surface area contributed by atoms with E-state index in [1.165, 1.54) is 17.4 Å². The highest BCUT2D eigenvalue weighted by molar-refractivity contribution is 7.15. The Bertz CT molecular complexity index is 583. The predicted molar refractivity (Wildman–Crippen MR) is 69.5 cm³/mol. The molecule has 0 aliphatic carbocycles. The highest BCUT2D eigenvalue weighted by Crippen LogP contribution is 2.31. The van der Waals surface area contributed by atoms with Crippen molar-refractivity contribution in [3.8, 4) is 10.6 Å². The van der Waals surface area contributed by atoms with Crippen LogP contribution < -0.4 is 5.32 Å². The normalized spacial score (nSPS) is 12.7. The maximum Gasteiger partial charge on any atom is 0.195 e. The molecule has 19 heavy (non-hydrogen) atoms. The van der Waals surface area contributed by atoms with Crippen LogP contribution >= 0.6 is 11.3 Å². The molecule has 1 atom stereocenters. The lowest BCUT2D eigenvalue weighted by Gasteiger charge is -2.08. The fraction of sp³-hybridized carbons (Fsp3) is 0.308. The monoisotopic (exact) mass is 286 g/mol. The van der Waals surface area contributed by atoms with Crippen molar-refractivity contribution in [1.29, 1.82) is 0 Å². The van der Waals surface area contributed by atoms with Gasteiger partial charge in [0.15, 0.2) is 17.5 Å². The van der Waals surface area contributed by atoms with Crippen LogP contribution in [0.5, 0.6) is 0 Å². The van der Waals surface area contributed by atoms with Gasteiger partial charge in [0.05, 0.1) is 0 Å². The molecule has 2 nitrogen and oxygen atoms in total. The number of hydrogen-bond acceptors (Lipinski definition) is 3. The second-order valence-corrected chi connectivity index (χ2v) is 5.13. The van der Waals surface area contributed by atoms with Crippen LogP contribution in [0.4, 0.5) is 13.2 Å². The molecule has 2 aromatic rings. The number of nitrogens with zero attached hydrogens (tertiary/aromatic N) is 1. The fourth-order valence-electron chi connectivity index (χ4n) is 1.71. The minimum Gasteiger partial charge on any atom is -0.310 e. The zero-order valence-corrected chi connectivity index (χ0v) is 11.3. The smallest absolute Gasteiger partial charge is 0.195 e. The second kappa shape index (κ2) is 5.71. The Morgan fingerprint density at radius 2 is 2.00 bits per heavy atom. The maximum absolute atomic E-state index is 13.6. The van der Waals surface area contributed by atoms with Crippen LogP contribution in [-0.4, -0.2) is 11.5 Å². The first kappa shape index (κ1) is 14.0. The van der Waals surface area contributed by atoms with Crippen molar-refractivity contribution in [1.82, 2.24) is 10.3 Å². The second-order valence-electron chi connectivity index (χ2n) is 4.07. The lowest BCUT2D eigenvalue weighted by Crippen LogP contribution is -2.16. The van der Waals surface area contributed by atoms with Gasteiger partial charge >= 0.3 is 0 Å². The number of hydrogen-bond donors (Lipinski definition) is 1. The Morgan fingerprint density at radius 3 is 2.68 bits per heavy atom. The zero-order chi connectivity index (χ0) is 14.0. The number of nitrogens with one attached hydrogen (secondary N) is 1. The standard InChI is InChI=1S/C13H13F3N2S/c1-3-17-7(2)10-6-18-13(19-10)8-4-5-9(14)12(16)11(8)15/h4-7,17H,3H2,1-2H3. The molecule has 0 bridgehead atoms. The molecule has 0 radical (unpaired) electrons. The van der Waals surface area contributed by atoms with Crippen LogP contribution in [0.2, 0.25) is 0 Å². The number of rotatable bonds is 4. The van der Waals surface area contributed by atoms with Crippen LogP contribution in [0, 0.1) is 17.5 Å². The molecule has 1 heterocycles. The molecule has 1 unspecified atom stereocenters. The number of benzene rings is 1. The van der Waals surface area contributed by atoms with Crippen LogP contribution in [-0.2, 0) is 0 Å². The Morgan fingerprint density at radius 1 is 1.26 bits per heavy atom. The highest BCUT2D eigenvalue weighted by atomic mass is 32.1. The quantitative estimate of drug-likeness (QED) is 0.862. The van der Waals surface area contributed by atoms with E-state index in [9.17, 15) is 13.2 Å². The number of halogens is 3. The van der Waals surface area contributed by atoms with Crippen LogP contribution in [0.15, 0.2) is 18.3 Å². The fourth-order valence-corrected chi connectivity index (χ4v) is 2.67. The first-order valence-corrected chi connectivity index (χ1v) is 6.69. The number of aromatic nitrogens is 1. The molecule has 6 heteroatoms. The van der Waals surface area contributed by atoms with Crippen molar-refractivity contribution < 1.29 is 13.2 Å². The van der Waals surface area contributed by atoms with E-state index in [2.05, 4.69) is 10.3 Å². The van der Waals surface area contributed by atoms with Gasteiger partial charge in [-0.2, -0.15) is 0 Å². The summed E-state index contributed by atoms with van der Waals surface area (Å²) >= 11 is 1.26. The molecule has 102 valence electrons. The molecule has 1 aromatic carbocycles. The van der Waals surface area contributed by atoms with Gasteiger partial charge in [0.2, 0.25) is 0 Å². The molecule has 1 N–H and O–H groups in total. The molecule has 0 saturated heterocycles. The molecule has 2 rings (SSSR count). The molecule has 0 aliphatic heterocycles. The minimum atomic E-state index is -1.46. The molecule has 0 fully saturated rings. The van der Waals surface area contributed by atoms with E-state index in [1.54, 1.807) is 6.20 Å². The summed E-state index contributed by atoms with van der Waals surface area (Å²) in [5, 5.41) is 3.55. The summed E-state index contributed by atoms with van der Waals surface area (Å²) in [7, 11) is 0. The van der Waals surface area contributed by atoms with E-state index >= 15 is 0 Å². The Hall–Kier alpha value is -1.40. The van der Waals surface area contributed by atoms with E-state index in [-0.39, 0.29) is 11.6 Å². The predicted octanol–water partition coefficient (Wildman–Crippen LogP) is 3.90. The first-order valence-electron chi connectivity index (χ1n) is 5.87. The molecule has 0 spiro atoms. The Kier molecular flexibility index (Phi) is 4.21. The SMILES string of the molecule is CCNC(C)c1cnc(-c2ccc(F)c(F)c2F)s1. The summed E-state index contributed by atoms with van der Waals surface area (Å²) in [4.78, 5) is 4.99. The van der Waals surface area contributed by atoms with Crippen molar-refractivity contribution in [2.75, 3.05) is 6.54 Å². The van der Waals surface area contributed by atoms with Crippen LogP contribution in [0.1, 0.15) is 24.8 Å². The number of thiazole rings is 1. The lowest BCUT2D eigenvalue weighted by atomic mass is 10.2. The van der Waals surface area contributed by atoms with Crippen LogP contribution in [0.3, 0.4) is 0 Å². The summed E-state index contributed by atoms with van der Waals surface area (Å²) in [5.74, 6) is -3.86. The maximum atomic E-state index is 13.6. The summed E-state index contributed by atoms with van der Waals surface area (Å²) in [6.07, 6.45) is 1.62. The van der Waals surface area contributed by atoms with Gasteiger partial charge in [-0.3, -0.25) is 0 Å². The summed E-state index contributed by atoms with van der Waals surface area (Å²) in [6.45, 7) is 4.74. The summed E-state index contributed by atoms with van der Waals surface area (Å²) in [6, 6.07) is 2.20. The topological polar surface area (TPSA) is 24.9 Å². The van der Waals surface area contributed by atoms with Gasteiger partial charge in [0, 0.05) is 22.7 Å². The largest absolute Gasteiger partial charge is 0.310 e. The van der Waals surface area contributed by atoms with Gasteiger partial charge in [-0.15, -0.1) is 11.3 Å². The molecule has 0 aliphatic rings. The Labute approximate surface area is 113 Å². The van der Waals surface area contributed by atoms with E-state index in [4.69, 9.17) is 0 Å². The van der Waals surface area contributed by atoms with Crippen molar-refractivity contribution >= 4 is 11.3 Å². The van der Waals surface area contributed by atoms with Gasteiger partial charge in [-0.25, -0.2) is 18.2 Å². The van der Waals surface area contributed by atoms with E-state index in [0.717, 1.165) is 17.5 Å². The van der Waals surface area contributed by atoms with E-state index in [0.29, 0.717) is 5.01 Å². The summed E-state index contributed by atoms with van der Waals surface area (Å²) < 4.78 is 39.7. The van der Waals surface area contributed by atoms with E-state index in [1.807, 2.05) is 13.8 Å². The van der Waals surface area contributed by atoms with E-state index < -0.39 is 17.5 Å². The molecule has 1 aromatic heterocycles. The average Bonchev–Trinajstić information content (AvgIpc) is 2.86. The van der Waals surface area contributed by atoms with Gasteiger partial charge in [-0.1, -0.05) is 6.92 Å². The minimum absolute atomic E-state index is 0.0150. The Balaban J connectivity index is 2.36. The van der Waals surface area contributed by atoms with Crippen molar-refractivity contribution in [3.63, 3.8) is 0 Å². The lowest BCUT2D eigenvalue weighted by molar-refractivity contribution is 0.449. The summed E-state index contributed by atoms with van der Waals surface area (Å²) in [5.41, 5.74) is -0.0150. The van der Waals surface area contributed by atoms with Crippen molar-refractivity contribution in [2.45, 2.75) is 19.9 Å². The zero-order valence-electron chi connectivity index (χ0n) is 10.5. The molecular formula is C13H13F3N2S. The third kappa shape index (κ3) is 2.79. The van der Waals surface area contributed by atoms with Gasteiger partial charge in [0.25, 0.3) is 0 Å². The third-order valence-corrected chi connectivity index (χ3v) is 3.94. The van der Waals surface area contributed by atoms with Crippen molar-refractivity contribution in [3.05, 3.63) is 40.7 Å². The third-order valence-electron chi connectivity index (χ3n) is 2.73. The van der Waals surface area contributed by atoms with Gasteiger partial charge < -0.3 is 5.32 Å².